The second-order valence-corrected chi connectivity index (χ2v) is 5.58. The summed E-state index contributed by atoms with van der Waals surface area (Å²) in [6.45, 7) is 0. The van der Waals surface area contributed by atoms with Crippen LogP contribution in [0.1, 0.15) is 31.2 Å². The monoisotopic (exact) mass is 274 g/mol. The van der Waals surface area contributed by atoms with Crippen molar-refractivity contribution in [1.29, 1.82) is 0 Å². The summed E-state index contributed by atoms with van der Waals surface area (Å²) in [5.41, 5.74) is 0.631. The molecule has 0 nitrogen and oxygen atoms in total. The second-order valence-electron chi connectivity index (χ2n) is 4.86. The Labute approximate surface area is 112 Å². The molecular formula is C14H17Cl2F. The van der Waals surface area contributed by atoms with E-state index < -0.39 is 0 Å². The van der Waals surface area contributed by atoms with Crippen LogP contribution in [0.2, 0.25) is 5.02 Å². The third-order valence-electron chi connectivity index (χ3n) is 3.79. The van der Waals surface area contributed by atoms with Gasteiger partial charge in [0.05, 0.1) is 0 Å². The Morgan fingerprint density at radius 3 is 2.59 bits per heavy atom. The average Bonchev–Trinajstić information content (AvgIpc) is 2.82. The molecule has 1 fully saturated rings. The van der Waals surface area contributed by atoms with Gasteiger partial charge in [-0.15, -0.1) is 11.6 Å². The fourth-order valence-electron chi connectivity index (χ4n) is 2.77. The van der Waals surface area contributed by atoms with Gasteiger partial charge in [-0.1, -0.05) is 43.4 Å². The lowest BCUT2D eigenvalue weighted by molar-refractivity contribution is 0.365. The summed E-state index contributed by atoms with van der Waals surface area (Å²) in [5.74, 6) is 1.39. The van der Waals surface area contributed by atoms with Gasteiger partial charge >= 0.3 is 0 Å². The van der Waals surface area contributed by atoms with Crippen LogP contribution in [0.4, 0.5) is 4.39 Å². The Balaban J connectivity index is 2.12. The van der Waals surface area contributed by atoms with E-state index in [-0.39, 0.29) is 5.82 Å². The van der Waals surface area contributed by atoms with E-state index >= 15 is 0 Å². The summed E-state index contributed by atoms with van der Waals surface area (Å²) in [4.78, 5) is 0. The molecule has 0 saturated heterocycles. The molecule has 0 N–H and O–H groups in total. The van der Waals surface area contributed by atoms with Gasteiger partial charge in [0.15, 0.2) is 0 Å². The van der Waals surface area contributed by atoms with E-state index in [0.717, 1.165) is 0 Å². The highest BCUT2D eigenvalue weighted by Crippen LogP contribution is 2.35. The zero-order chi connectivity index (χ0) is 12.3. The third-order valence-corrected chi connectivity index (χ3v) is 4.54. The minimum Gasteiger partial charge on any atom is -0.207 e. The van der Waals surface area contributed by atoms with Gasteiger partial charge in [-0.25, -0.2) is 4.39 Å². The Morgan fingerprint density at radius 1 is 1.29 bits per heavy atom. The molecule has 1 aromatic rings. The number of halogens is 3. The first-order chi connectivity index (χ1) is 8.22. The third kappa shape index (κ3) is 3.14. The quantitative estimate of drug-likeness (QED) is 0.673. The number of benzene rings is 1. The van der Waals surface area contributed by atoms with E-state index in [4.69, 9.17) is 23.2 Å². The van der Waals surface area contributed by atoms with Crippen LogP contribution in [0.15, 0.2) is 18.2 Å². The van der Waals surface area contributed by atoms with E-state index in [1.54, 1.807) is 12.1 Å². The molecule has 0 radical (unpaired) electrons. The highest BCUT2D eigenvalue weighted by atomic mass is 35.5. The van der Waals surface area contributed by atoms with Crippen molar-refractivity contribution in [2.45, 2.75) is 32.1 Å². The number of alkyl halides is 1. The normalized spacial score (nSPS) is 18.5. The van der Waals surface area contributed by atoms with Crippen molar-refractivity contribution in [3.63, 3.8) is 0 Å². The van der Waals surface area contributed by atoms with Crippen LogP contribution < -0.4 is 0 Å². The second kappa shape index (κ2) is 6.06. The first kappa shape index (κ1) is 13.2. The summed E-state index contributed by atoms with van der Waals surface area (Å²) >= 11 is 12.1. The first-order valence-corrected chi connectivity index (χ1v) is 7.12. The van der Waals surface area contributed by atoms with Gasteiger partial charge in [0.2, 0.25) is 0 Å². The van der Waals surface area contributed by atoms with Crippen LogP contribution in [0.25, 0.3) is 0 Å². The predicted octanol–water partition coefficient (Wildman–Crippen LogP) is 5.07. The van der Waals surface area contributed by atoms with Crippen molar-refractivity contribution in [2.75, 3.05) is 5.88 Å². The molecule has 0 aromatic heterocycles. The number of hydrogen-bond acceptors (Lipinski definition) is 0. The molecular weight excluding hydrogens is 258 g/mol. The lowest BCUT2D eigenvalue weighted by Crippen LogP contribution is -2.17. The smallest absolute Gasteiger partial charge is 0.127 e. The molecule has 17 heavy (non-hydrogen) atoms. The molecule has 0 amide bonds. The maximum Gasteiger partial charge on any atom is 0.127 e. The molecule has 0 aliphatic heterocycles. The molecule has 94 valence electrons. The van der Waals surface area contributed by atoms with Crippen molar-refractivity contribution in [3.05, 3.63) is 34.6 Å². The molecule has 1 aromatic carbocycles. The molecule has 1 saturated carbocycles. The minimum absolute atomic E-state index is 0.203. The van der Waals surface area contributed by atoms with Gasteiger partial charge in [-0.3, -0.25) is 0 Å². The van der Waals surface area contributed by atoms with Crippen LogP contribution in [0, 0.1) is 17.7 Å². The molecule has 0 bridgehead atoms. The standard InChI is InChI=1S/C14H17Cl2F/c15-9-11(10-4-1-2-5-10)8-12-13(16)6-3-7-14(12)17/h3,6-7,10-11H,1-2,4-5,8-9H2. The van der Waals surface area contributed by atoms with Gasteiger partial charge in [-0.05, 0) is 30.4 Å². The molecule has 0 spiro atoms. The molecule has 1 aliphatic carbocycles. The summed E-state index contributed by atoms with van der Waals surface area (Å²) in [6.07, 6.45) is 5.68. The van der Waals surface area contributed by atoms with Crippen molar-refractivity contribution < 1.29 is 4.39 Å². The molecule has 1 aliphatic rings. The molecule has 1 atom stereocenters. The Morgan fingerprint density at radius 2 is 2.00 bits per heavy atom. The number of hydrogen-bond donors (Lipinski definition) is 0. The van der Waals surface area contributed by atoms with Crippen molar-refractivity contribution in [3.8, 4) is 0 Å². The van der Waals surface area contributed by atoms with Crippen LogP contribution >= 0.6 is 23.2 Å². The van der Waals surface area contributed by atoms with Gasteiger partial charge in [0, 0.05) is 16.5 Å². The fourth-order valence-corrected chi connectivity index (χ4v) is 3.37. The Bertz CT molecular complexity index is 352. The van der Waals surface area contributed by atoms with Gasteiger partial charge in [-0.2, -0.15) is 0 Å². The molecule has 1 unspecified atom stereocenters. The van der Waals surface area contributed by atoms with Crippen LogP contribution in [-0.2, 0) is 6.42 Å². The largest absolute Gasteiger partial charge is 0.207 e. The van der Waals surface area contributed by atoms with E-state index in [2.05, 4.69) is 0 Å². The summed E-state index contributed by atoms with van der Waals surface area (Å²) in [7, 11) is 0. The Kier molecular flexibility index (Phi) is 4.69. The van der Waals surface area contributed by atoms with E-state index in [9.17, 15) is 4.39 Å². The van der Waals surface area contributed by atoms with Crippen molar-refractivity contribution in [2.24, 2.45) is 11.8 Å². The summed E-state index contributed by atoms with van der Waals surface area (Å²) in [6, 6.07) is 4.87. The van der Waals surface area contributed by atoms with Crippen LogP contribution in [0.5, 0.6) is 0 Å². The fraction of sp³-hybridized carbons (Fsp3) is 0.571. The maximum absolute atomic E-state index is 13.7. The first-order valence-electron chi connectivity index (χ1n) is 6.21. The lowest BCUT2D eigenvalue weighted by Gasteiger charge is -2.21. The highest BCUT2D eigenvalue weighted by molar-refractivity contribution is 6.31. The lowest BCUT2D eigenvalue weighted by atomic mass is 9.87. The van der Waals surface area contributed by atoms with E-state index in [0.29, 0.717) is 34.7 Å². The topological polar surface area (TPSA) is 0 Å². The van der Waals surface area contributed by atoms with E-state index in [1.165, 1.54) is 31.7 Å². The molecule has 0 heterocycles. The predicted molar refractivity (Wildman–Crippen MR) is 71.3 cm³/mol. The molecule has 2 rings (SSSR count). The Hall–Kier alpha value is -0.270. The van der Waals surface area contributed by atoms with Crippen LogP contribution in [-0.4, -0.2) is 5.88 Å². The minimum atomic E-state index is -0.203. The van der Waals surface area contributed by atoms with Gasteiger partial charge < -0.3 is 0 Å². The maximum atomic E-state index is 13.7. The zero-order valence-corrected chi connectivity index (χ0v) is 11.3. The number of rotatable bonds is 4. The summed E-state index contributed by atoms with van der Waals surface area (Å²) < 4.78 is 13.7. The van der Waals surface area contributed by atoms with Crippen LogP contribution in [0.3, 0.4) is 0 Å². The van der Waals surface area contributed by atoms with Crippen molar-refractivity contribution >= 4 is 23.2 Å². The summed E-state index contributed by atoms with van der Waals surface area (Å²) in [5, 5.41) is 0.526. The van der Waals surface area contributed by atoms with Gasteiger partial charge in [0.1, 0.15) is 5.82 Å². The average molecular weight is 275 g/mol. The SMILES string of the molecule is Fc1cccc(Cl)c1CC(CCl)C1CCCC1. The van der Waals surface area contributed by atoms with Crippen molar-refractivity contribution in [1.82, 2.24) is 0 Å². The van der Waals surface area contributed by atoms with E-state index in [1.807, 2.05) is 0 Å². The highest BCUT2D eigenvalue weighted by Gasteiger charge is 2.25. The van der Waals surface area contributed by atoms with Gasteiger partial charge in [0.25, 0.3) is 0 Å². The zero-order valence-electron chi connectivity index (χ0n) is 9.76. The molecule has 3 heteroatoms.